The SMILES string of the molecule is CCOC(=O)N1CCC(CON)CC1. The summed E-state index contributed by atoms with van der Waals surface area (Å²) < 4.78 is 4.91. The van der Waals surface area contributed by atoms with Crippen LogP contribution >= 0.6 is 0 Å². The molecule has 14 heavy (non-hydrogen) atoms. The van der Waals surface area contributed by atoms with Crippen molar-refractivity contribution in [3.63, 3.8) is 0 Å². The lowest BCUT2D eigenvalue weighted by Crippen LogP contribution is -2.39. The standard InChI is InChI=1S/C9H18N2O3/c1-2-13-9(12)11-5-3-8(4-6-11)7-14-10/h8H,2-7,10H2,1H3. The Kier molecular flexibility index (Phi) is 4.69. The first-order valence-electron chi connectivity index (χ1n) is 5.01. The molecule has 0 atom stereocenters. The van der Waals surface area contributed by atoms with Crippen LogP contribution in [0.2, 0.25) is 0 Å². The van der Waals surface area contributed by atoms with E-state index in [0.29, 0.717) is 19.1 Å². The second-order valence-electron chi connectivity index (χ2n) is 3.46. The van der Waals surface area contributed by atoms with Crippen LogP contribution in [0.5, 0.6) is 0 Å². The van der Waals surface area contributed by atoms with Crippen LogP contribution in [0.25, 0.3) is 0 Å². The molecule has 0 aromatic heterocycles. The molecule has 1 fully saturated rings. The molecule has 1 saturated heterocycles. The molecule has 0 aliphatic carbocycles. The van der Waals surface area contributed by atoms with Crippen molar-refractivity contribution in [2.75, 3.05) is 26.3 Å². The Morgan fingerprint density at radius 2 is 2.14 bits per heavy atom. The van der Waals surface area contributed by atoms with Crippen LogP contribution in [0.15, 0.2) is 0 Å². The van der Waals surface area contributed by atoms with Crippen LogP contribution in [-0.4, -0.2) is 37.3 Å². The van der Waals surface area contributed by atoms with Crippen LogP contribution in [-0.2, 0) is 9.57 Å². The molecule has 1 rings (SSSR count). The number of carbonyl (C=O) groups is 1. The van der Waals surface area contributed by atoms with Crippen molar-refractivity contribution in [1.82, 2.24) is 4.90 Å². The zero-order chi connectivity index (χ0) is 10.4. The quantitative estimate of drug-likeness (QED) is 0.686. The molecule has 82 valence electrons. The fraction of sp³-hybridized carbons (Fsp3) is 0.889. The van der Waals surface area contributed by atoms with Crippen LogP contribution in [0.4, 0.5) is 4.79 Å². The molecule has 0 saturated carbocycles. The van der Waals surface area contributed by atoms with E-state index in [-0.39, 0.29) is 6.09 Å². The number of amides is 1. The maximum atomic E-state index is 11.3. The van der Waals surface area contributed by atoms with E-state index in [1.54, 1.807) is 4.90 Å². The Hall–Kier alpha value is -0.810. The van der Waals surface area contributed by atoms with Gasteiger partial charge in [-0.15, -0.1) is 0 Å². The number of nitrogens with two attached hydrogens (primary N) is 1. The largest absolute Gasteiger partial charge is 0.450 e. The summed E-state index contributed by atoms with van der Waals surface area (Å²) in [6.45, 7) is 4.31. The van der Waals surface area contributed by atoms with Gasteiger partial charge >= 0.3 is 6.09 Å². The molecule has 0 spiro atoms. The summed E-state index contributed by atoms with van der Waals surface area (Å²) in [5.74, 6) is 5.47. The van der Waals surface area contributed by atoms with E-state index in [1.807, 2.05) is 6.92 Å². The predicted octanol–water partition coefficient (Wildman–Crippen LogP) is 0.745. The molecular formula is C9H18N2O3. The van der Waals surface area contributed by atoms with E-state index in [0.717, 1.165) is 25.9 Å². The van der Waals surface area contributed by atoms with Gasteiger partial charge in [0, 0.05) is 13.1 Å². The summed E-state index contributed by atoms with van der Waals surface area (Å²) in [6.07, 6.45) is 1.67. The van der Waals surface area contributed by atoms with E-state index in [4.69, 9.17) is 10.6 Å². The third-order valence-electron chi connectivity index (χ3n) is 2.47. The summed E-state index contributed by atoms with van der Waals surface area (Å²) in [4.78, 5) is 17.6. The number of hydrogen-bond donors (Lipinski definition) is 1. The maximum absolute atomic E-state index is 11.3. The minimum Gasteiger partial charge on any atom is -0.450 e. The highest BCUT2D eigenvalue weighted by Gasteiger charge is 2.23. The van der Waals surface area contributed by atoms with E-state index in [9.17, 15) is 4.79 Å². The third-order valence-corrected chi connectivity index (χ3v) is 2.47. The summed E-state index contributed by atoms with van der Waals surface area (Å²) in [5, 5.41) is 0. The number of carbonyl (C=O) groups excluding carboxylic acids is 1. The van der Waals surface area contributed by atoms with Crippen molar-refractivity contribution < 1.29 is 14.4 Å². The molecule has 1 amide bonds. The lowest BCUT2D eigenvalue weighted by Gasteiger charge is -2.30. The minimum atomic E-state index is -0.209. The number of hydrogen-bond acceptors (Lipinski definition) is 4. The van der Waals surface area contributed by atoms with E-state index < -0.39 is 0 Å². The lowest BCUT2D eigenvalue weighted by molar-refractivity contribution is 0.0568. The van der Waals surface area contributed by atoms with E-state index >= 15 is 0 Å². The van der Waals surface area contributed by atoms with Gasteiger partial charge in [0.15, 0.2) is 0 Å². The number of ether oxygens (including phenoxy) is 1. The second kappa shape index (κ2) is 5.82. The van der Waals surface area contributed by atoms with Gasteiger partial charge in [-0.05, 0) is 25.7 Å². The molecule has 0 radical (unpaired) electrons. The molecular weight excluding hydrogens is 184 g/mol. The zero-order valence-electron chi connectivity index (χ0n) is 8.57. The average Bonchev–Trinajstić information content (AvgIpc) is 2.20. The van der Waals surface area contributed by atoms with E-state index in [2.05, 4.69) is 4.84 Å². The molecule has 5 heteroatoms. The van der Waals surface area contributed by atoms with Crippen LogP contribution in [0, 0.1) is 5.92 Å². The zero-order valence-corrected chi connectivity index (χ0v) is 8.57. The Bertz CT molecular complexity index is 179. The normalized spacial score (nSPS) is 18.3. The van der Waals surface area contributed by atoms with Crippen molar-refractivity contribution in [3.05, 3.63) is 0 Å². The number of piperidine rings is 1. The molecule has 5 nitrogen and oxygen atoms in total. The van der Waals surface area contributed by atoms with Crippen molar-refractivity contribution >= 4 is 6.09 Å². The number of likely N-dealkylation sites (tertiary alicyclic amines) is 1. The lowest BCUT2D eigenvalue weighted by atomic mass is 9.98. The summed E-state index contributed by atoms with van der Waals surface area (Å²) in [5.41, 5.74) is 0. The van der Waals surface area contributed by atoms with Gasteiger partial charge in [0.2, 0.25) is 0 Å². The van der Waals surface area contributed by atoms with Crippen molar-refractivity contribution in [1.29, 1.82) is 0 Å². The number of nitrogens with zero attached hydrogens (tertiary/aromatic N) is 1. The summed E-state index contributed by atoms with van der Waals surface area (Å²) >= 11 is 0. The van der Waals surface area contributed by atoms with Gasteiger partial charge < -0.3 is 14.5 Å². The van der Waals surface area contributed by atoms with Gasteiger partial charge in [-0.25, -0.2) is 10.7 Å². The first kappa shape index (κ1) is 11.3. The van der Waals surface area contributed by atoms with Crippen molar-refractivity contribution in [2.45, 2.75) is 19.8 Å². The Morgan fingerprint density at radius 1 is 1.50 bits per heavy atom. The first-order valence-corrected chi connectivity index (χ1v) is 5.01. The Balaban J connectivity index is 2.24. The first-order chi connectivity index (χ1) is 6.77. The average molecular weight is 202 g/mol. The second-order valence-corrected chi connectivity index (χ2v) is 3.46. The fourth-order valence-electron chi connectivity index (χ4n) is 1.63. The minimum absolute atomic E-state index is 0.209. The monoisotopic (exact) mass is 202 g/mol. The molecule has 0 unspecified atom stereocenters. The van der Waals surface area contributed by atoms with Gasteiger partial charge in [-0.1, -0.05) is 0 Å². The molecule has 0 aromatic rings. The smallest absolute Gasteiger partial charge is 0.409 e. The van der Waals surface area contributed by atoms with Gasteiger partial charge in [-0.3, -0.25) is 0 Å². The molecule has 1 aliphatic heterocycles. The van der Waals surface area contributed by atoms with Gasteiger partial charge in [-0.2, -0.15) is 0 Å². The number of rotatable bonds is 3. The molecule has 1 heterocycles. The molecule has 1 aliphatic rings. The highest BCUT2D eigenvalue weighted by Crippen LogP contribution is 2.17. The van der Waals surface area contributed by atoms with Crippen molar-refractivity contribution in [2.24, 2.45) is 11.8 Å². The Labute approximate surface area is 84.1 Å². The van der Waals surface area contributed by atoms with Crippen LogP contribution in [0.3, 0.4) is 0 Å². The predicted molar refractivity (Wildman–Crippen MR) is 51.5 cm³/mol. The molecule has 2 N–H and O–H groups in total. The molecule has 0 aromatic carbocycles. The summed E-state index contributed by atoms with van der Waals surface area (Å²) in [7, 11) is 0. The van der Waals surface area contributed by atoms with Gasteiger partial charge in [0.25, 0.3) is 0 Å². The Morgan fingerprint density at radius 3 is 2.64 bits per heavy atom. The van der Waals surface area contributed by atoms with Crippen LogP contribution in [0.1, 0.15) is 19.8 Å². The topological polar surface area (TPSA) is 64.8 Å². The highest BCUT2D eigenvalue weighted by atomic mass is 16.6. The maximum Gasteiger partial charge on any atom is 0.409 e. The van der Waals surface area contributed by atoms with E-state index in [1.165, 1.54) is 0 Å². The van der Waals surface area contributed by atoms with Gasteiger partial charge in [0.1, 0.15) is 0 Å². The molecule has 0 bridgehead atoms. The van der Waals surface area contributed by atoms with Gasteiger partial charge in [0.05, 0.1) is 13.2 Å². The third kappa shape index (κ3) is 3.16. The summed E-state index contributed by atoms with van der Waals surface area (Å²) in [6, 6.07) is 0. The highest BCUT2D eigenvalue weighted by molar-refractivity contribution is 5.67. The fourth-order valence-corrected chi connectivity index (χ4v) is 1.63. The van der Waals surface area contributed by atoms with Crippen molar-refractivity contribution in [3.8, 4) is 0 Å². The van der Waals surface area contributed by atoms with Crippen LogP contribution < -0.4 is 5.90 Å².